The van der Waals surface area contributed by atoms with Crippen molar-refractivity contribution in [3.8, 4) is 11.8 Å². The predicted molar refractivity (Wildman–Crippen MR) is 94.0 cm³/mol. The summed E-state index contributed by atoms with van der Waals surface area (Å²) < 4.78 is 44.3. The Morgan fingerprint density at radius 3 is 2.76 bits per heavy atom. The number of imidazole rings is 1. The normalized spacial score (nSPS) is 24.3. The quantitative estimate of drug-likeness (QED) is 0.557. The van der Waals surface area contributed by atoms with E-state index in [1.165, 1.54) is 24.1 Å². The van der Waals surface area contributed by atoms with Gasteiger partial charge in [-0.3, -0.25) is 4.57 Å². The van der Waals surface area contributed by atoms with E-state index < -0.39 is 42.8 Å². The van der Waals surface area contributed by atoms with Crippen LogP contribution in [0, 0.1) is 11.6 Å². The number of fused-ring (bicyclic) bond motifs is 1. The molecule has 2 aromatic heterocycles. The molecule has 0 bridgehead atoms. The van der Waals surface area contributed by atoms with Crippen LogP contribution in [0.15, 0.2) is 24.5 Å². The molecule has 1 aliphatic rings. The van der Waals surface area contributed by atoms with Crippen LogP contribution in [-0.4, -0.2) is 61.8 Å². The van der Waals surface area contributed by atoms with Crippen LogP contribution in [0.5, 0.6) is 11.8 Å². The third-order valence-corrected chi connectivity index (χ3v) is 4.57. The average Bonchev–Trinajstić information content (AvgIpc) is 3.25. The molecular weight excluding hydrogens is 392 g/mol. The summed E-state index contributed by atoms with van der Waals surface area (Å²) >= 11 is 0. The molecule has 154 valence electrons. The maximum absolute atomic E-state index is 13.4. The van der Waals surface area contributed by atoms with Crippen molar-refractivity contribution >= 4 is 17.0 Å². The summed E-state index contributed by atoms with van der Waals surface area (Å²) in [7, 11) is 1.39. The van der Waals surface area contributed by atoms with Crippen molar-refractivity contribution in [3.63, 3.8) is 0 Å². The minimum Gasteiger partial charge on any atom is -0.424 e. The van der Waals surface area contributed by atoms with Crippen LogP contribution in [0.2, 0.25) is 0 Å². The minimum atomic E-state index is -1.09. The maximum Gasteiger partial charge on any atom is 0.326 e. The first-order valence-corrected chi connectivity index (χ1v) is 8.53. The van der Waals surface area contributed by atoms with Gasteiger partial charge in [0.05, 0.1) is 12.9 Å². The summed E-state index contributed by atoms with van der Waals surface area (Å²) in [5, 5.41) is 19.6. The highest BCUT2D eigenvalue weighted by atomic mass is 19.2. The first-order chi connectivity index (χ1) is 13.9. The Bertz CT molecular complexity index is 1050. The van der Waals surface area contributed by atoms with E-state index in [9.17, 15) is 19.0 Å². The second-order valence-electron chi connectivity index (χ2n) is 6.33. The van der Waals surface area contributed by atoms with Gasteiger partial charge in [0, 0.05) is 13.2 Å². The topological polar surface area (TPSA) is 138 Å². The van der Waals surface area contributed by atoms with E-state index >= 15 is 0 Å². The van der Waals surface area contributed by atoms with Gasteiger partial charge in [-0.05, 0) is 12.1 Å². The van der Waals surface area contributed by atoms with Crippen LogP contribution in [0.1, 0.15) is 6.23 Å². The number of nitrogens with zero attached hydrogens (tertiary/aromatic N) is 4. The fourth-order valence-electron chi connectivity index (χ4n) is 3.14. The smallest absolute Gasteiger partial charge is 0.326 e. The Kier molecular flexibility index (Phi) is 5.00. The van der Waals surface area contributed by atoms with Gasteiger partial charge < -0.3 is 30.2 Å². The highest BCUT2D eigenvalue weighted by molar-refractivity contribution is 5.82. The van der Waals surface area contributed by atoms with Gasteiger partial charge in [0.25, 0.3) is 0 Å². The van der Waals surface area contributed by atoms with Crippen molar-refractivity contribution in [1.29, 1.82) is 0 Å². The third kappa shape index (κ3) is 3.35. The van der Waals surface area contributed by atoms with Gasteiger partial charge in [-0.25, -0.2) is 13.8 Å². The van der Waals surface area contributed by atoms with Gasteiger partial charge in [-0.2, -0.15) is 9.97 Å². The molecule has 3 aromatic rings. The standard InChI is InChI=1S/C17H17F2N5O5/c1-27-13-12(26)10(5-25)29-16(13)24-6-21-11-14(20)22-17(23-15(11)24)28-7-2-3-8(18)9(19)4-7/h2-4,6,10,12-13,16,25-26H,5H2,1H3,(H2,20,22,23)/t10-,12-,13-,16+/m1/s1. The molecule has 0 spiro atoms. The second kappa shape index (κ2) is 7.48. The highest BCUT2D eigenvalue weighted by Crippen LogP contribution is 2.34. The molecule has 4 rings (SSSR count). The Morgan fingerprint density at radius 2 is 2.07 bits per heavy atom. The molecule has 3 heterocycles. The predicted octanol–water partition coefficient (Wildman–Crippen LogP) is 0.745. The molecule has 0 unspecified atom stereocenters. The summed E-state index contributed by atoms with van der Waals surface area (Å²) in [5.74, 6) is -2.16. The second-order valence-corrected chi connectivity index (χ2v) is 6.33. The molecule has 0 radical (unpaired) electrons. The number of aromatic nitrogens is 4. The molecule has 29 heavy (non-hydrogen) atoms. The number of hydrogen-bond donors (Lipinski definition) is 3. The van der Waals surface area contributed by atoms with Crippen molar-refractivity contribution in [1.82, 2.24) is 19.5 Å². The van der Waals surface area contributed by atoms with E-state index in [1.807, 2.05) is 0 Å². The summed E-state index contributed by atoms with van der Waals surface area (Å²) in [4.78, 5) is 12.3. The number of hydrogen-bond acceptors (Lipinski definition) is 9. The van der Waals surface area contributed by atoms with Crippen LogP contribution in [0.3, 0.4) is 0 Å². The lowest BCUT2D eigenvalue weighted by atomic mass is 10.1. The largest absolute Gasteiger partial charge is 0.424 e. The zero-order valence-corrected chi connectivity index (χ0v) is 15.1. The fraction of sp³-hybridized carbons (Fsp3) is 0.353. The number of ether oxygens (including phenoxy) is 3. The van der Waals surface area contributed by atoms with E-state index in [-0.39, 0.29) is 28.7 Å². The molecular formula is C17H17F2N5O5. The van der Waals surface area contributed by atoms with Gasteiger partial charge >= 0.3 is 6.01 Å². The van der Waals surface area contributed by atoms with Crippen LogP contribution in [0.4, 0.5) is 14.6 Å². The van der Waals surface area contributed by atoms with E-state index in [0.29, 0.717) is 0 Å². The van der Waals surface area contributed by atoms with Crippen molar-refractivity contribution in [2.24, 2.45) is 0 Å². The van der Waals surface area contributed by atoms with Crippen LogP contribution < -0.4 is 10.5 Å². The Hall–Kier alpha value is -2.93. The van der Waals surface area contributed by atoms with E-state index in [0.717, 1.165) is 12.1 Å². The molecule has 4 atom stereocenters. The molecule has 1 aromatic carbocycles. The maximum atomic E-state index is 13.4. The van der Waals surface area contributed by atoms with E-state index in [2.05, 4.69) is 15.0 Å². The Labute approximate surface area is 162 Å². The molecule has 12 heteroatoms. The molecule has 1 aliphatic heterocycles. The SMILES string of the molecule is CO[C@@H]1[C@H](O)[C@@H](CO)O[C@@H]1n1cnc2c(N)nc(Oc3ccc(F)c(F)c3)nc21. The number of benzene rings is 1. The molecule has 1 fully saturated rings. The van der Waals surface area contributed by atoms with Crippen molar-refractivity contribution < 1.29 is 33.2 Å². The number of halogens is 2. The number of nitrogens with two attached hydrogens (primary N) is 1. The lowest BCUT2D eigenvalue weighted by Gasteiger charge is -2.20. The highest BCUT2D eigenvalue weighted by Gasteiger charge is 2.45. The molecule has 10 nitrogen and oxygen atoms in total. The molecule has 0 aliphatic carbocycles. The van der Waals surface area contributed by atoms with Gasteiger partial charge in [-0.15, -0.1) is 0 Å². The number of aliphatic hydroxyl groups excluding tert-OH is 2. The molecule has 4 N–H and O–H groups in total. The Balaban J connectivity index is 1.72. The number of aliphatic hydroxyl groups is 2. The molecule has 0 amide bonds. The van der Waals surface area contributed by atoms with Crippen LogP contribution in [0.25, 0.3) is 11.2 Å². The number of anilines is 1. The Morgan fingerprint density at radius 1 is 1.28 bits per heavy atom. The lowest BCUT2D eigenvalue weighted by molar-refractivity contribution is -0.0583. The third-order valence-electron chi connectivity index (χ3n) is 4.57. The fourth-order valence-corrected chi connectivity index (χ4v) is 3.14. The number of rotatable bonds is 5. The first-order valence-electron chi connectivity index (χ1n) is 8.53. The van der Waals surface area contributed by atoms with Crippen LogP contribution >= 0.6 is 0 Å². The average molecular weight is 409 g/mol. The summed E-state index contributed by atoms with van der Waals surface area (Å²) in [5.41, 5.74) is 6.36. The number of methoxy groups -OCH3 is 1. The van der Waals surface area contributed by atoms with Crippen LogP contribution in [-0.2, 0) is 9.47 Å². The first kappa shape index (κ1) is 19.4. The summed E-state index contributed by atoms with van der Waals surface area (Å²) in [6, 6.07) is 2.74. The van der Waals surface area contributed by atoms with Crippen molar-refractivity contribution in [2.45, 2.75) is 24.5 Å². The van der Waals surface area contributed by atoms with Crippen molar-refractivity contribution in [3.05, 3.63) is 36.2 Å². The zero-order chi connectivity index (χ0) is 20.7. The van der Waals surface area contributed by atoms with E-state index in [1.54, 1.807) is 0 Å². The van der Waals surface area contributed by atoms with Crippen molar-refractivity contribution in [2.75, 3.05) is 19.5 Å². The minimum absolute atomic E-state index is 0.0162. The van der Waals surface area contributed by atoms with Gasteiger partial charge in [0.1, 0.15) is 24.1 Å². The lowest BCUT2D eigenvalue weighted by Crippen LogP contribution is -2.34. The van der Waals surface area contributed by atoms with Gasteiger partial charge in [0.2, 0.25) is 0 Å². The van der Waals surface area contributed by atoms with E-state index in [4.69, 9.17) is 19.9 Å². The van der Waals surface area contributed by atoms with Gasteiger partial charge in [0.15, 0.2) is 34.8 Å². The molecule has 1 saturated heterocycles. The summed E-state index contributed by atoms with van der Waals surface area (Å²) in [6.07, 6.45) is -2.23. The number of nitrogen functional groups attached to an aromatic ring is 1. The van der Waals surface area contributed by atoms with Gasteiger partial charge in [-0.1, -0.05) is 0 Å². The monoisotopic (exact) mass is 409 g/mol. The zero-order valence-electron chi connectivity index (χ0n) is 15.1. The summed E-state index contributed by atoms with van der Waals surface area (Å²) in [6.45, 7) is -0.411. The molecule has 0 saturated carbocycles.